The molecule has 0 aromatic carbocycles. The number of carboxylic acid groups (broad SMARTS) is 1. The number of esters is 2. The van der Waals surface area contributed by atoms with Crippen LogP contribution in [0.3, 0.4) is 0 Å². The molecule has 0 heterocycles. The molecular weight excluding hydrogens is 751 g/mol. The maximum atomic E-state index is 12.8. The molecule has 0 aromatic rings. The van der Waals surface area contributed by atoms with E-state index < -0.39 is 18.1 Å². The predicted molar refractivity (Wildman–Crippen MR) is 249 cm³/mol. The molecule has 0 saturated heterocycles. The number of carboxylic acids is 1. The Labute approximate surface area is 367 Å². The molecule has 0 spiro atoms. The van der Waals surface area contributed by atoms with E-state index in [1.165, 1.54) is 38.5 Å². The van der Waals surface area contributed by atoms with Crippen molar-refractivity contribution in [2.24, 2.45) is 0 Å². The summed E-state index contributed by atoms with van der Waals surface area (Å²) >= 11 is 0. The van der Waals surface area contributed by atoms with E-state index in [1.54, 1.807) is 21.1 Å². The van der Waals surface area contributed by atoms with E-state index in [9.17, 15) is 19.5 Å². The summed E-state index contributed by atoms with van der Waals surface area (Å²) in [7, 11) is 5.39. The average molecular weight is 838 g/mol. The van der Waals surface area contributed by atoms with Gasteiger partial charge in [-0.15, -0.1) is 0 Å². The molecule has 0 radical (unpaired) electrons. The Bertz CT molecular complexity index is 1250. The fourth-order valence-corrected chi connectivity index (χ4v) is 6.43. The number of aliphatic carboxylic acids is 1. The van der Waals surface area contributed by atoms with Crippen LogP contribution in [0.4, 0.5) is 0 Å². The molecule has 2 unspecified atom stereocenters. The molecular formula is C52H87NO7. The normalized spacial score (nSPS) is 13.7. The van der Waals surface area contributed by atoms with Crippen LogP contribution >= 0.6 is 0 Å². The molecule has 0 bridgehead atoms. The van der Waals surface area contributed by atoms with Crippen LogP contribution < -0.4 is 5.11 Å². The lowest BCUT2D eigenvalue weighted by Crippen LogP contribution is -2.55. The Morgan fingerprint density at radius 1 is 0.500 bits per heavy atom. The Hall–Kier alpha value is -3.49. The van der Waals surface area contributed by atoms with E-state index >= 15 is 0 Å². The van der Waals surface area contributed by atoms with Crippen LogP contribution in [0.2, 0.25) is 0 Å². The number of allylic oxidation sites excluding steroid dienone is 14. The molecule has 8 nitrogen and oxygen atoms in total. The molecule has 60 heavy (non-hydrogen) atoms. The second-order valence-electron chi connectivity index (χ2n) is 16.6. The summed E-state index contributed by atoms with van der Waals surface area (Å²) in [5.74, 6) is -1.77. The standard InChI is InChI=1S/C52H87NO7/c1-6-8-10-12-14-16-18-20-22-23-24-25-26-27-28-29-31-33-35-37-39-41-43-51(55)60-48(46-58-45-44-49(52(56)57)53(3,4)5)47-59-50(54)42-40-38-36-34-32-30-21-19-17-15-13-11-9-7-2/h8-11,14-17,20,22,24-25,27-28,48-49H,6-7,12-13,18-19,21,23,26,29-47H2,1-5H3/b10-8+,11-9+,16-14+,17-15+,22-20+,25-24+,28-27+. The van der Waals surface area contributed by atoms with Crippen LogP contribution in [0.5, 0.6) is 0 Å². The highest BCUT2D eigenvalue weighted by Crippen LogP contribution is 2.13. The lowest BCUT2D eigenvalue weighted by molar-refractivity contribution is -0.889. The van der Waals surface area contributed by atoms with E-state index in [4.69, 9.17) is 14.2 Å². The fourth-order valence-electron chi connectivity index (χ4n) is 6.43. The summed E-state index contributed by atoms with van der Waals surface area (Å²) in [5.41, 5.74) is 0. The van der Waals surface area contributed by atoms with Gasteiger partial charge in [0.25, 0.3) is 0 Å². The van der Waals surface area contributed by atoms with Crippen LogP contribution in [0.15, 0.2) is 85.1 Å². The third-order valence-corrected chi connectivity index (χ3v) is 10.0. The Morgan fingerprint density at radius 3 is 1.30 bits per heavy atom. The quantitative estimate of drug-likeness (QED) is 0.0261. The van der Waals surface area contributed by atoms with E-state index in [1.807, 2.05) is 0 Å². The van der Waals surface area contributed by atoms with E-state index in [0.717, 1.165) is 103 Å². The maximum absolute atomic E-state index is 12.8. The van der Waals surface area contributed by atoms with Crippen LogP contribution in [-0.2, 0) is 28.6 Å². The van der Waals surface area contributed by atoms with Crippen molar-refractivity contribution < 1.29 is 38.2 Å². The summed E-state index contributed by atoms with van der Waals surface area (Å²) in [6, 6.07) is -0.734. The minimum atomic E-state index is -1.13. The molecule has 0 fully saturated rings. The number of hydrogen-bond donors (Lipinski definition) is 0. The number of quaternary nitrogens is 1. The molecule has 342 valence electrons. The van der Waals surface area contributed by atoms with Crippen molar-refractivity contribution in [2.75, 3.05) is 41.0 Å². The molecule has 0 saturated carbocycles. The van der Waals surface area contributed by atoms with Gasteiger partial charge in [0.15, 0.2) is 6.10 Å². The van der Waals surface area contributed by atoms with Crippen molar-refractivity contribution in [1.29, 1.82) is 0 Å². The highest BCUT2D eigenvalue weighted by Gasteiger charge is 2.25. The number of unbranched alkanes of at least 4 members (excludes halogenated alkanes) is 13. The van der Waals surface area contributed by atoms with Crippen molar-refractivity contribution >= 4 is 17.9 Å². The zero-order chi connectivity index (χ0) is 44.2. The first kappa shape index (κ1) is 56.5. The van der Waals surface area contributed by atoms with Crippen LogP contribution in [0.25, 0.3) is 0 Å². The number of carbonyl (C=O) groups is 3. The van der Waals surface area contributed by atoms with Gasteiger partial charge in [-0.25, -0.2) is 0 Å². The van der Waals surface area contributed by atoms with Gasteiger partial charge in [0.05, 0.1) is 40.3 Å². The van der Waals surface area contributed by atoms with E-state index in [2.05, 4.69) is 98.9 Å². The molecule has 0 aromatic heterocycles. The lowest BCUT2D eigenvalue weighted by atomic mass is 10.1. The number of ether oxygens (including phenoxy) is 3. The predicted octanol–water partition coefficient (Wildman–Crippen LogP) is 12.0. The lowest BCUT2D eigenvalue weighted by Gasteiger charge is -2.34. The zero-order valence-electron chi connectivity index (χ0n) is 38.8. The number of carbonyl (C=O) groups excluding carboxylic acids is 3. The molecule has 0 aliphatic rings. The summed E-state index contributed by atoms with van der Waals surface area (Å²) in [6.45, 7) is 4.41. The third kappa shape index (κ3) is 39.9. The summed E-state index contributed by atoms with van der Waals surface area (Å²) in [4.78, 5) is 36.9. The maximum Gasteiger partial charge on any atom is 0.306 e. The van der Waals surface area contributed by atoms with Crippen LogP contribution in [0, 0.1) is 0 Å². The Balaban J connectivity index is 4.34. The molecule has 0 amide bonds. The zero-order valence-corrected chi connectivity index (χ0v) is 38.8. The Kier molecular flexibility index (Phi) is 39.8. The second-order valence-corrected chi connectivity index (χ2v) is 16.6. The SMILES string of the molecule is CC/C=C/C/C=C/C/C=C/C/C=C/C/C=C/CCCCCCCCC(=O)OC(COCCC(C(=O)[O-])[N+](C)(C)C)COC(=O)CCCCCCCCC/C=C/C/C=C/CC. The van der Waals surface area contributed by atoms with Crippen molar-refractivity contribution in [3.05, 3.63) is 85.1 Å². The number of nitrogens with zero attached hydrogens (tertiary/aromatic N) is 1. The van der Waals surface area contributed by atoms with Gasteiger partial charge in [-0.3, -0.25) is 9.59 Å². The third-order valence-electron chi connectivity index (χ3n) is 10.0. The second kappa shape index (κ2) is 42.2. The number of likely N-dealkylation sites (N-methyl/N-ethyl adjacent to an activating group) is 1. The van der Waals surface area contributed by atoms with Gasteiger partial charge in [0.2, 0.25) is 0 Å². The van der Waals surface area contributed by atoms with Crippen molar-refractivity contribution in [3.8, 4) is 0 Å². The topological polar surface area (TPSA) is 102 Å². The van der Waals surface area contributed by atoms with Gasteiger partial charge in [-0.1, -0.05) is 157 Å². The molecule has 0 rings (SSSR count). The van der Waals surface area contributed by atoms with Gasteiger partial charge in [-0.2, -0.15) is 0 Å². The molecule has 2 atom stereocenters. The number of hydrogen-bond acceptors (Lipinski definition) is 7. The first-order valence-electron chi connectivity index (χ1n) is 23.6. The van der Waals surface area contributed by atoms with Crippen LogP contribution in [0.1, 0.15) is 174 Å². The Morgan fingerprint density at radius 2 is 0.883 bits per heavy atom. The largest absolute Gasteiger partial charge is 0.544 e. The summed E-state index contributed by atoms with van der Waals surface area (Å²) < 4.78 is 17.2. The minimum Gasteiger partial charge on any atom is -0.544 e. The fraction of sp³-hybridized carbons (Fsp3) is 0.673. The van der Waals surface area contributed by atoms with Crippen molar-refractivity contribution in [1.82, 2.24) is 0 Å². The molecule has 0 aliphatic heterocycles. The highest BCUT2D eigenvalue weighted by molar-refractivity contribution is 5.70. The molecule has 8 heteroatoms. The van der Waals surface area contributed by atoms with Gasteiger partial charge in [-0.05, 0) is 83.5 Å². The number of rotatable bonds is 41. The first-order chi connectivity index (χ1) is 29.1. The smallest absolute Gasteiger partial charge is 0.306 e. The van der Waals surface area contributed by atoms with Crippen LogP contribution in [-0.4, -0.2) is 75.5 Å². The summed E-state index contributed by atoms with van der Waals surface area (Å²) in [5, 5.41) is 11.6. The van der Waals surface area contributed by atoms with Crippen molar-refractivity contribution in [2.45, 2.75) is 187 Å². The van der Waals surface area contributed by atoms with Gasteiger partial charge in [0.1, 0.15) is 12.6 Å². The average Bonchev–Trinajstić information content (AvgIpc) is 3.21. The molecule has 0 N–H and O–H groups in total. The van der Waals surface area contributed by atoms with Gasteiger partial charge in [0, 0.05) is 19.3 Å². The highest BCUT2D eigenvalue weighted by atomic mass is 16.6. The van der Waals surface area contributed by atoms with Gasteiger partial charge < -0.3 is 28.6 Å². The minimum absolute atomic E-state index is 0.0273. The molecule has 0 aliphatic carbocycles. The van der Waals surface area contributed by atoms with E-state index in [0.29, 0.717) is 12.8 Å². The van der Waals surface area contributed by atoms with E-state index in [-0.39, 0.29) is 42.7 Å². The van der Waals surface area contributed by atoms with Crippen molar-refractivity contribution in [3.63, 3.8) is 0 Å². The summed E-state index contributed by atoms with van der Waals surface area (Å²) in [6.07, 6.45) is 54.6. The first-order valence-corrected chi connectivity index (χ1v) is 23.6. The monoisotopic (exact) mass is 838 g/mol. The van der Waals surface area contributed by atoms with Gasteiger partial charge >= 0.3 is 11.9 Å².